The first kappa shape index (κ1) is 10.6. The molecule has 0 aromatic rings. The lowest BCUT2D eigenvalue weighted by Crippen LogP contribution is -2.43. The van der Waals surface area contributed by atoms with Crippen LogP contribution in [0.15, 0.2) is 0 Å². The van der Waals surface area contributed by atoms with E-state index in [1.165, 1.54) is 6.42 Å². The molecular formula is C11H22N2. The quantitative estimate of drug-likeness (QED) is 0.698. The predicted molar refractivity (Wildman–Crippen MR) is 57.1 cm³/mol. The third-order valence-electron chi connectivity index (χ3n) is 3.11. The molecule has 1 aliphatic rings. The Balaban J connectivity index is 2.52. The van der Waals surface area contributed by atoms with E-state index in [0.717, 1.165) is 30.6 Å². The number of rotatable bonds is 2. The molecule has 76 valence electrons. The number of nitrogens with zero attached hydrogens (tertiary/aromatic N) is 1. The molecule has 1 fully saturated rings. The maximum absolute atomic E-state index is 7.93. The third-order valence-corrected chi connectivity index (χ3v) is 3.11. The Morgan fingerprint density at radius 1 is 1.31 bits per heavy atom. The molecule has 1 heterocycles. The van der Waals surface area contributed by atoms with Crippen molar-refractivity contribution in [3.05, 3.63) is 0 Å². The molecule has 0 amide bonds. The van der Waals surface area contributed by atoms with Crippen LogP contribution in [0.25, 0.3) is 0 Å². The molecule has 0 spiro atoms. The molecule has 0 radical (unpaired) electrons. The monoisotopic (exact) mass is 182 g/mol. The van der Waals surface area contributed by atoms with Gasteiger partial charge in [0.15, 0.2) is 0 Å². The first-order valence-electron chi connectivity index (χ1n) is 5.36. The molecule has 1 saturated heterocycles. The van der Waals surface area contributed by atoms with Crippen molar-refractivity contribution in [2.45, 2.75) is 46.6 Å². The molecule has 1 rings (SSSR count). The minimum Gasteiger partial charge on any atom is -0.358 e. The van der Waals surface area contributed by atoms with Gasteiger partial charge in [0.1, 0.15) is 0 Å². The number of nitrogens with one attached hydrogen (secondary N) is 1. The van der Waals surface area contributed by atoms with Crippen molar-refractivity contribution in [2.24, 2.45) is 11.8 Å². The third kappa shape index (κ3) is 2.45. The number of piperidine rings is 1. The van der Waals surface area contributed by atoms with Crippen LogP contribution in [0.4, 0.5) is 0 Å². The SMILES string of the molecule is CC(C)C1CCN(C(C)C)C(=N)C1. The highest BCUT2D eigenvalue weighted by Gasteiger charge is 2.26. The predicted octanol–water partition coefficient (Wildman–Crippen LogP) is 2.74. The van der Waals surface area contributed by atoms with E-state index in [4.69, 9.17) is 5.41 Å². The van der Waals surface area contributed by atoms with Crippen LogP contribution in [0.1, 0.15) is 40.5 Å². The zero-order valence-corrected chi connectivity index (χ0v) is 9.30. The largest absolute Gasteiger partial charge is 0.358 e. The lowest BCUT2D eigenvalue weighted by atomic mass is 9.86. The number of amidine groups is 1. The summed E-state index contributed by atoms with van der Waals surface area (Å²) >= 11 is 0. The smallest absolute Gasteiger partial charge is 0.0962 e. The molecule has 2 nitrogen and oxygen atoms in total. The van der Waals surface area contributed by atoms with E-state index in [1.807, 2.05) is 0 Å². The van der Waals surface area contributed by atoms with E-state index in [1.54, 1.807) is 0 Å². The van der Waals surface area contributed by atoms with Gasteiger partial charge in [0.05, 0.1) is 5.84 Å². The summed E-state index contributed by atoms with van der Waals surface area (Å²) in [5.74, 6) is 2.32. The zero-order valence-electron chi connectivity index (χ0n) is 9.30. The van der Waals surface area contributed by atoms with E-state index in [9.17, 15) is 0 Å². The molecule has 1 atom stereocenters. The molecule has 0 bridgehead atoms. The van der Waals surface area contributed by atoms with E-state index in [-0.39, 0.29) is 0 Å². The highest BCUT2D eigenvalue weighted by molar-refractivity contribution is 5.80. The van der Waals surface area contributed by atoms with Crippen LogP contribution in [-0.2, 0) is 0 Å². The summed E-state index contributed by atoms with van der Waals surface area (Å²) in [4.78, 5) is 2.22. The minimum absolute atomic E-state index is 0.501. The number of hydrogen-bond donors (Lipinski definition) is 1. The van der Waals surface area contributed by atoms with Gasteiger partial charge in [-0.3, -0.25) is 5.41 Å². The van der Waals surface area contributed by atoms with Crippen LogP contribution < -0.4 is 0 Å². The molecule has 13 heavy (non-hydrogen) atoms. The maximum atomic E-state index is 7.93. The molecule has 0 aromatic heterocycles. The van der Waals surface area contributed by atoms with Crippen LogP contribution in [0.3, 0.4) is 0 Å². The van der Waals surface area contributed by atoms with Crippen molar-refractivity contribution in [1.82, 2.24) is 4.90 Å². The Hall–Kier alpha value is -0.530. The summed E-state index contributed by atoms with van der Waals surface area (Å²) in [6, 6.07) is 0.501. The van der Waals surface area contributed by atoms with Crippen LogP contribution in [-0.4, -0.2) is 23.3 Å². The van der Waals surface area contributed by atoms with Gasteiger partial charge < -0.3 is 4.90 Å². The second-order valence-corrected chi connectivity index (χ2v) is 4.73. The lowest BCUT2D eigenvalue weighted by Gasteiger charge is -2.38. The minimum atomic E-state index is 0.501. The van der Waals surface area contributed by atoms with Crippen molar-refractivity contribution in [3.63, 3.8) is 0 Å². The van der Waals surface area contributed by atoms with Gasteiger partial charge in [0.2, 0.25) is 0 Å². The zero-order chi connectivity index (χ0) is 10.0. The highest BCUT2D eigenvalue weighted by Crippen LogP contribution is 2.26. The van der Waals surface area contributed by atoms with Crippen LogP contribution in [0.5, 0.6) is 0 Å². The molecule has 0 aromatic carbocycles. The average molecular weight is 182 g/mol. The summed E-state index contributed by atoms with van der Waals surface area (Å²) in [5, 5.41) is 7.93. The molecule has 0 aliphatic carbocycles. The van der Waals surface area contributed by atoms with Crippen molar-refractivity contribution in [3.8, 4) is 0 Å². The van der Waals surface area contributed by atoms with Gasteiger partial charge in [0.25, 0.3) is 0 Å². The summed E-state index contributed by atoms with van der Waals surface area (Å²) in [5.41, 5.74) is 0. The summed E-state index contributed by atoms with van der Waals surface area (Å²) in [6.07, 6.45) is 2.24. The molecule has 0 saturated carbocycles. The first-order valence-corrected chi connectivity index (χ1v) is 5.36. The van der Waals surface area contributed by atoms with E-state index >= 15 is 0 Å². The highest BCUT2D eigenvalue weighted by atomic mass is 15.2. The normalized spacial score (nSPS) is 24.6. The topological polar surface area (TPSA) is 27.1 Å². The molecular weight excluding hydrogens is 160 g/mol. The lowest BCUT2D eigenvalue weighted by molar-refractivity contribution is 0.237. The van der Waals surface area contributed by atoms with Crippen LogP contribution >= 0.6 is 0 Å². The number of hydrogen-bond acceptors (Lipinski definition) is 1. The molecule has 1 unspecified atom stereocenters. The Labute approximate surface area is 81.8 Å². The van der Waals surface area contributed by atoms with Crippen LogP contribution in [0.2, 0.25) is 0 Å². The average Bonchev–Trinajstić information content (AvgIpc) is 2.03. The Bertz CT molecular complexity index is 185. The number of likely N-dealkylation sites (tertiary alicyclic amines) is 1. The van der Waals surface area contributed by atoms with Gasteiger partial charge in [0, 0.05) is 19.0 Å². The second-order valence-electron chi connectivity index (χ2n) is 4.73. The van der Waals surface area contributed by atoms with Crippen molar-refractivity contribution < 1.29 is 0 Å². The van der Waals surface area contributed by atoms with E-state index < -0.39 is 0 Å². The van der Waals surface area contributed by atoms with Gasteiger partial charge in [-0.05, 0) is 32.1 Å². The molecule has 1 aliphatic heterocycles. The van der Waals surface area contributed by atoms with Gasteiger partial charge in [-0.15, -0.1) is 0 Å². The summed E-state index contributed by atoms with van der Waals surface area (Å²) in [6.45, 7) is 9.96. The Morgan fingerprint density at radius 2 is 1.92 bits per heavy atom. The van der Waals surface area contributed by atoms with Gasteiger partial charge in [-0.1, -0.05) is 13.8 Å². The van der Waals surface area contributed by atoms with Crippen molar-refractivity contribution in [2.75, 3.05) is 6.54 Å². The molecule has 2 heteroatoms. The van der Waals surface area contributed by atoms with E-state index in [2.05, 4.69) is 32.6 Å². The van der Waals surface area contributed by atoms with E-state index in [0.29, 0.717) is 6.04 Å². The first-order chi connectivity index (χ1) is 6.02. The second kappa shape index (κ2) is 4.12. The fraction of sp³-hybridized carbons (Fsp3) is 0.909. The van der Waals surface area contributed by atoms with Gasteiger partial charge in [-0.25, -0.2) is 0 Å². The fourth-order valence-corrected chi connectivity index (χ4v) is 2.05. The maximum Gasteiger partial charge on any atom is 0.0962 e. The fourth-order valence-electron chi connectivity index (χ4n) is 2.05. The van der Waals surface area contributed by atoms with Crippen molar-refractivity contribution in [1.29, 1.82) is 5.41 Å². The Kier molecular flexibility index (Phi) is 3.34. The standard InChI is InChI=1S/C11H22N2/c1-8(2)10-5-6-13(9(3)4)11(12)7-10/h8-10,12H,5-7H2,1-4H3. The van der Waals surface area contributed by atoms with Gasteiger partial charge in [-0.2, -0.15) is 0 Å². The van der Waals surface area contributed by atoms with Crippen LogP contribution in [0, 0.1) is 17.2 Å². The van der Waals surface area contributed by atoms with Gasteiger partial charge >= 0.3 is 0 Å². The van der Waals surface area contributed by atoms with Crippen molar-refractivity contribution >= 4 is 5.84 Å². The molecule has 1 N–H and O–H groups in total. The summed E-state index contributed by atoms with van der Waals surface area (Å²) in [7, 11) is 0. The Morgan fingerprint density at radius 3 is 2.31 bits per heavy atom. The summed E-state index contributed by atoms with van der Waals surface area (Å²) < 4.78 is 0.